The fourth-order valence-corrected chi connectivity index (χ4v) is 3.78. The van der Waals surface area contributed by atoms with Gasteiger partial charge >= 0.3 is 0 Å². The number of H-pyrrole nitrogens is 1. The van der Waals surface area contributed by atoms with Crippen LogP contribution in [0.5, 0.6) is 0 Å². The van der Waals surface area contributed by atoms with Gasteiger partial charge in [-0.05, 0) is 12.3 Å². The lowest BCUT2D eigenvalue weighted by Crippen LogP contribution is -2.30. The predicted octanol–water partition coefficient (Wildman–Crippen LogP) is -0.441. The SMILES string of the molecule is COCC1CCN(S(=O)(=O)c2[nH]ncc2CO)C1. The molecule has 0 aromatic carbocycles. The van der Waals surface area contributed by atoms with Crippen LogP contribution in [0.2, 0.25) is 0 Å². The van der Waals surface area contributed by atoms with Crippen molar-refractivity contribution in [1.82, 2.24) is 14.5 Å². The summed E-state index contributed by atoms with van der Waals surface area (Å²) in [4.78, 5) is 0. The number of rotatable bonds is 5. The Bertz CT molecular complexity index is 499. The Labute approximate surface area is 106 Å². The maximum absolute atomic E-state index is 12.3. The number of nitrogens with one attached hydrogen (secondary N) is 1. The van der Waals surface area contributed by atoms with Crippen molar-refractivity contribution in [3.63, 3.8) is 0 Å². The second kappa shape index (κ2) is 5.35. The molecule has 2 heterocycles. The first-order chi connectivity index (χ1) is 8.59. The van der Waals surface area contributed by atoms with Gasteiger partial charge in [-0.3, -0.25) is 5.10 Å². The third-order valence-corrected chi connectivity index (χ3v) is 4.98. The van der Waals surface area contributed by atoms with E-state index in [0.717, 1.165) is 6.42 Å². The second-order valence-corrected chi connectivity index (χ2v) is 6.23. The molecule has 0 radical (unpaired) electrons. The Hall–Kier alpha value is -0.960. The number of sulfonamides is 1. The highest BCUT2D eigenvalue weighted by atomic mass is 32.2. The Morgan fingerprint density at radius 1 is 1.67 bits per heavy atom. The van der Waals surface area contributed by atoms with Gasteiger partial charge in [0.15, 0.2) is 5.03 Å². The molecule has 18 heavy (non-hydrogen) atoms. The van der Waals surface area contributed by atoms with Crippen LogP contribution < -0.4 is 0 Å². The molecule has 0 spiro atoms. The van der Waals surface area contributed by atoms with Crippen LogP contribution in [0.4, 0.5) is 0 Å². The van der Waals surface area contributed by atoms with Crippen molar-refractivity contribution < 1.29 is 18.3 Å². The Balaban J connectivity index is 2.18. The molecule has 1 atom stereocenters. The average Bonchev–Trinajstić information content (AvgIpc) is 2.97. The smallest absolute Gasteiger partial charge is 0.260 e. The number of hydrogen-bond acceptors (Lipinski definition) is 5. The summed E-state index contributed by atoms with van der Waals surface area (Å²) in [5, 5.41) is 15.2. The highest BCUT2D eigenvalue weighted by Gasteiger charge is 2.34. The number of aromatic amines is 1. The first-order valence-corrected chi connectivity index (χ1v) is 7.15. The molecular weight excluding hydrogens is 258 g/mol. The third kappa shape index (κ3) is 2.41. The molecule has 0 amide bonds. The lowest BCUT2D eigenvalue weighted by atomic mass is 10.1. The van der Waals surface area contributed by atoms with Gasteiger partial charge in [0.25, 0.3) is 10.0 Å². The molecule has 1 aromatic heterocycles. The summed E-state index contributed by atoms with van der Waals surface area (Å²) < 4.78 is 31.1. The predicted molar refractivity (Wildman–Crippen MR) is 63.3 cm³/mol. The van der Waals surface area contributed by atoms with Crippen LogP contribution in [0.15, 0.2) is 11.2 Å². The van der Waals surface area contributed by atoms with Crippen LogP contribution in [0.25, 0.3) is 0 Å². The molecule has 1 saturated heterocycles. The lowest BCUT2D eigenvalue weighted by Gasteiger charge is -2.15. The molecule has 2 N–H and O–H groups in total. The summed E-state index contributed by atoms with van der Waals surface area (Å²) in [5.41, 5.74) is 0.296. The van der Waals surface area contributed by atoms with E-state index in [9.17, 15) is 8.42 Å². The molecule has 7 nitrogen and oxygen atoms in total. The lowest BCUT2D eigenvalue weighted by molar-refractivity contribution is 0.157. The molecule has 102 valence electrons. The van der Waals surface area contributed by atoms with Gasteiger partial charge in [-0.15, -0.1) is 0 Å². The summed E-state index contributed by atoms with van der Waals surface area (Å²) in [5.74, 6) is 0.227. The van der Waals surface area contributed by atoms with Crippen LogP contribution in [-0.2, 0) is 21.4 Å². The molecule has 0 bridgehead atoms. The first kappa shape index (κ1) is 13.5. The molecule has 2 rings (SSSR count). The van der Waals surface area contributed by atoms with Crippen molar-refractivity contribution in [3.8, 4) is 0 Å². The minimum absolute atomic E-state index is 0.0110. The highest BCUT2D eigenvalue weighted by Crippen LogP contribution is 2.25. The standard InChI is InChI=1S/C10H17N3O4S/c1-17-7-8-2-3-13(5-8)18(15,16)10-9(6-14)4-11-12-10/h4,8,14H,2-3,5-7H2,1H3,(H,11,12). The molecule has 1 aliphatic rings. The van der Waals surface area contributed by atoms with E-state index in [1.165, 1.54) is 10.5 Å². The average molecular weight is 275 g/mol. The van der Waals surface area contributed by atoms with Crippen molar-refractivity contribution in [1.29, 1.82) is 0 Å². The number of hydrogen-bond donors (Lipinski definition) is 2. The van der Waals surface area contributed by atoms with Gasteiger partial charge in [0.1, 0.15) is 0 Å². The minimum Gasteiger partial charge on any atom is -0.392 e. The van der Waals surface area contributed by atoms with Gasteiger partial charge in [-0.2, -0.15) is 9.40 Å². The van der Waals surface area contributed by atoms with Gasteiger partial charge in [-0.25, -0.2) is 8.42 Å². The van der Waals surface area contributed by atoms with E-state index in [0.29, 0.717) is 25.3 Å². The van der Waals surface area contributed by atoms with Crippen molar-refractivity contribution in [2.75, 3.05) is 26.8 Å². The molecule has 8 heteroatoms. The van der Waals surface area contributed by atoms with E-state index < -0.39 is 10.0 Å². The third-order valence-electron chi connectivity index (χ3n) is 3.10. The molecule has 0 saturated carbocycles. The van der Waals surface area contributed by atoms with Gasteiger partial charge in [0.05, 0.1) is 19.4 Å². The van der Waals surface area contributed by atoms with Gasteiger partial charge in [0, 0.05) is 25.8 Å². The van der Waals surface area contributed by atoms with Gasteiger partial charge in [-0.1, -0.05) is 0 Å². The normalized spacial score (nSPS) is 21.6. The zero-order valence-electron chi connectivity index (χ0n) is 10.2. The largest absolute Gasteiger partial charge is 0.392 e. The van der Waals surface area contributed by atoms with E-state index in [4.69, 9.17) is 9.84 Å². The number of aliphatic hydroxyl groups is 1. The summed E-state index contributed by atoms with van der Waals surface area (Å²) >= 11 is 0. The van der Waals surface area contributed by atoms with Gasteiger partial charge < -0.3 is 9.84 Å². The Kier molecular flexibility index (Phi) is 4.00. The number of ether oxygens (including phenoxy) is 1. The van der Waals surface area contributed by atoms with E-state index in [1.54, 1.807) is 7.11 Å². The maximum Gasteiger partial charge on any atom is 0.260 e. The van der Waals surface area contributed by atoms with E-state index >= 15 is 0 Å². The van der Waals surface area contributed by atoms with Crippen LogP contribution in [0.3, 0.4) is 0 Å². The number of nitrogens with zero attached hydrogens (tertiary/aromatic N) is 2. The summed E-state index contributed by atoms with van der Waals surface area (Å²) in [7, 11) is -1.98. The van der Waals surface area contributed by atoms with E-state index in [2.05, 4.69) is 10.2 Å². The summed E-state index contributed by atoms with van der Waals surface area (Å²) in [6.45, 7) is 1.13. The topological polar surface area (TPSA) is 95.5 Å². The van der Waals surface area contributed by atoms with Crippen LogP contribution in [0.1, 0.15) is 12.0 Å². The van der Waals surface area contributed by atoms with Gasteiger partial charge in [0.2, 0.25) is 0 Å². The Morgan fingerprint density at radius 3 is 3.11 bits per heavy atom. The minimum atomic E-state index is -3.59. The number of methoxy groups -OCH3 is 1. The molecule has 1 fully saturated rings. The van der Waals surface area contributed by atoms with E-state index in [1.807, 2.05) is 0 Å². The molecular formula is C10H17N3O4S. The van der Waals surface area contributed by atoms with Crippen molar-refractivity contribution in [3.05, 3.63) is 11.8 Å². The van der Waals surface area contributed by atoms with E-state index in [-0.39, 0.29) is 17.6 Å². The molecule has 1 aromatic rings. The fraction of sp³-hybridized carbons (Fsp3) is 0.700. The monoisotopic (exact) mass is 275 g/mol. The zero-order chi connectivity index (χ0) is 13.2. The summed E-state index contributed by atoms with van der Waals surface area (Å²) in [6.07, 6.45) is 2.12. The van der Waals surface area contributed by atoms with Crippen molar-refractivity contribution in [2.45, 2.75) is 18.1 Å². The first-order valence-electron chi connectivity index (χ1n) is 5.71. The fourth-order valence-electron chi connectivity index (χ4n) is 2.15. The number of aromatic nitrogens is 2. The summed E-state index contributed by atoms with van der Waals surface area (Å²) in [6, 6.07) is 0. The van der Waals surface area contributed by atoms with Crippen LogP contribution in [0, 0.1) is 5.92 Å². The van der Waals surface area contributed by atoms with Crippen molar-refractivity contribution in [2.24, 2.45) is 5.92 Å². The van der Waals surface area contributed by atoms with Crippen LogP contribution in [-0.4, -0.2) is 54.8 Å². The maximum atomic E-state index is 12.3. The second-order valence-electron chi connectivity index (χ2n) is 4.36. The van der Waals surface area contributed by atoms with Crippen LogP contribution >= 0.6 is 0 Å². The Morgan fingerprint density at radius 2 is 2.44 bits per heavy atom. The highest BCUT2D eigenvalue weighted by molar-refractivity contribution is 7.89. The molecule has 1 aliphatic heterocycles. The zero-order valence-corrected chi connectivity index (χ0v) is 11.0. The molecule has 0 aliphatic carbocycles. The molecule has 1 unspecified atom stereocenters. The van der Waals surface area contributed by atoms with Crippen molar-refractivity contribution >= 4 is 10.0 Å². The quantitative estimate of drug-likeness (QED) is 0.759. The number of aliphatic hydroxyl groups excluding tert-OH is 1.